The molecule has 1 atom stereocenters. The number of methoxy groups -OCH3 is 1. The third kappa shape index (κ3) is 5.05. The van der Waals surface area contributed by atoms with Gasteiger partial charge in [0.25, 0.3) is 5.17 Å². The number of nitrogens with zero attached hydrogens (tertiary/aromatic N) is 4. The van der Waals surface area contributed by atoms with Gasteiger partial charge in [-0.15, -0.1) is 11.3 Å². The van der Waals surface area contributed by atoms with Gasteiger partial charge in [-0.1, -0.05) is 18.3 Å². The SMILES string of the molecule is COC(=S)NC[C@H]1CN(c2ccc(N3CCN(C(=S)c4cccs4)CC3)nc2)C(=O)O1. The Kier molecular flexibility index (Phi) is 6.83. The monoisotopic (exact) mass is 477 g/mol. The van der Waals surface area contributed by atoms with Gasteiger partial charge in [0.1, 0.15) is 16.9 Å². The summed E-state index contributed by atoms with van der Waals surface area (Å²) < 4.78 is 10.3. The molecular weight excluding hydrogens is 454 g/mol. The highest BCUT2D eigenvalue weighted by atomic mass is 32.1. The van der Waals surface area contributed by atoms with Crippen LogP contribution in [0.25, 0.3) is 0 Å². The Labute approximate surface area is 195 Å². The maximum atomic E-state index is 12.2. The summed E-state index contributed by atoms with van der Waals surface area (Å²) in [4.78, 5) is 24.9. The molecule has 2 aliphatic rings. The van der Waals surface area contributed by atoms with E-state index in [0.29, 0.717) is 18.8 Å². The third-order valence-corrected chi connectivity index (χ3v) is 7.00. The Morgan fingerprint density at radius 1 is 1.29 bits per heavy atom. The van der Waals surface area contributed by atoms with Crippen LogP contribution in [-0.2, 0) is 9.47 Å². The van der Waals surface area contributed by atoms with Gasteiger partial charge >= 0.3 is 6.09 Å². The first-order valence-electron chi connectivity index (χ1n) is 9.89. The molecule has 2 saturated heterocycles. The van der Waals surface area contributed by atoms with Gasteiger partial charge in [0, 0.05) is 26.2 Å². The Bertz CT molecular complexity index is 930. The summed E-state index contributed by atoms with van der Waals surface area (Å²) in [6.07, 6.45) is 1.02. The first-order valence-corrected chi connectivity index (χ1v) is 11.6. The molecule has 4 heterocycles. The van der Waals surface area contributed by atoms with Crippen LogP contribution in [0.5, 0.6) is 0 Å². The highest BCUT2D eigenvalue weighted by Gasteiger charge is 2.32. The van der Waals surface area contributed by atoms with Crippen LogP contribution >= 0.6 is 35.8 Å². The van der Waals surface area contributed by atoms with Crippen LogP contribution in [0, 0.1) is 0 Å². The van der Waals surface area contributed by atoms with Crippen molar-refractivity contribution in [3.05, 3.63) is 40.7 Å². The second-order valence-corrected chi connectivity index (χ2v) is 8.83. The van der Waals surface area contributed by atoms with Crippen molar-refractivity contribution in [2.45, 2.75) is 6.10 Å². The molecule has 4 rings (SSSR count). The number of thiocarbonyl (C=S) groups is 2. The van der Waals surface area contributed by atoms with Crippen molar-refractivity contribution in [2.75, 3.05) is 56.2 Å². The largest absolute Gasteiger partial charge is 0.474 e. The minimum Gasteiger partial charge on any atom is -0.474 e. The lowest BCUT2D eigenvalue weighted by molar-refractivity contribution is 0.142. The summed E-state index contributed by atoms with van der Waals surface area (Å²) in [5.74, 6) is 0.890. The molecule has 0 bridgehead atoms. The number of carbonyl (C=O) groups is 1. The lowest BCUT2D eigenvalue weighted by atomic mass is 10.2. The van der Waals surface area contributed by atoms with E-state index in [2.05, 4.69) is 26.2 Å². The molecule has 0 aliphatic carbocycles. The van der Waals surface area contributed by atoms with Crippen molar-refractivity contribution < 1.29 is 14.3 Å². The van der Waals surface area contributed by atoms with Crippen molar-refractivity contribution in [1.29, 1.82) is 0 Å². The van der Waals surface area contributed by atoms with Crippen molar-refractivity contribution in [3.8, 4) is 0 Å². The number of nitrogens with one attached hydrogen (secondary N) is 1. The number of rotatable bonds is 5. The van der Waals surface area contributed by atoms with Gasteiger partial charge < -0.3 is 24.6 Å². The Morgan fingerprint density at radius 2 is 2.10 bits per heavy atom. The molecule has 2 fully saturated rings. The van der Waals surface area contributed by atoms with Crippen molar-refractivity contribution in [1.82, 2.24) is 15.2 Å². The van der Waals surface area contributed by atoms with Crippen LogP contribution in [0.3, 0.4) is 0 Å². The highest BCUT2D eigenvalue weighted by Crippen LogP contribution is 2.24. The molecule has 2 aromatic rings. The topological polar surface area (TPSA) is 70.2 Å². The van der Waals surface area contributed by atoms with Gasteiger partial charge in [0.05, 0.1) is 37.0 Å². The number of pyridine rings is 1. The quantitative estimate of drug-likeness (QED) is 0.654. The van der Waals surface area contributed by atoms with E-state index in [-0.39, 0.29) is 17.4 Å². The number of ether oxygens (including phenoxy) is 2. The van der Waals surface area contributed by atoms with E-state index in [1.54, 1.807) is 22.4 Å². The minimum atomic E-state index is -0.389. The molecule has 0 aromatic carbocycles. The van der Waals surface area contributed by atoms with E-state index < -0.39 is 0 Å². The van der Waals surface area contributed by atoms with Gasteiger partial charge in [-0.2, -0.15) is 0 Å². The average molecular weight is 478 g/mol. The predicted octanol–water partition coefficient (Wildman–Crippen LogP) is 2.49. The smallest absolute Gasteiger partial charge is 0.414 e. The average Bonchev–Trinajstić information content (AvgIpc) is 3.47. The summed E-state index contributed by atoms with van der Waals surface area (Å²) in [6.45, 7) is 4.23. The van der Waals surface area contributed by atoms with Crippen LogP contribution < -0.4 is 15.1 Å². The number of cyclic esters (lactones) is 1. The normalized spacial score (nSPS) is 18.7. The molecule has 1 amide bonds. The predicted molar refractivity (Wildman–Crippen MR) is 129 cm³/mol. The number of hydrogen-bond donors (Lipinski definition) is 1. The van der Waals surface area contributed by atoms with E-state index in [0.717, 1.165) is 41.9 Å². The third-order valence-electron chi connectivity index (χ3n) is 5.20. The van der Waals surface area contributed by atoms with Gasteiger partial charge in [-0.3, -0.25) is 4.90 Å². The van der Waals surface area contributed by atoms with Crippen molar-refractivity contribution in [3.63, 3.8) is 0 Å². The Balaban J connectivity index is 1.31. The van der Waals surface area contributed by atoms with Crippen LogP contribution in [0.2, 0.25) is 0 Å². The number of thiophene rings is 1. The number of anilines is 2. The lowest BCUT2D eigenvalue weighted by Crippen LogP contribution is -2.48. The zero-order valence-electron chi connectivity index (χ0n) is 17.0. The van der Waals surface area contributed by atoms with Gasteiger partial charge in [0.2, 0.25) is 0 Å². The molecule has 0 unspecified atom stereocenters. The maximum Gasteiger partial charge on any atom is 0.414 e. The molecule has 8 nitrogen and oxygen atoms in total. The summed E-state index contributed by atoms with van der Waals surface area (Å²) in [5, 5.41) is 5.23. The van der Waals surface area contributed by atoms with E-state index in [4.69, 9.17) is 33.9 Å². The van der Waals surface area contributed by atoms with Crippen LogP contribution in [0.4, 0.5) is 16.3 Å². The van der Waals surface area contributed by atoms with E-state index in [9.17, 15) is 4.79 Å². The van der Waals surface area contributed by atoms with Crippen LogP contribution in [-0.4, -0.2) is 78.6 Å². The maximum absolute atomic E-state index is 12.2. The van der Waals surface area contributed by atoms with E-state index in [1.165, 1.54) is 7.11 Å². The Morgan fingerprint density at radius 3 is 2.74 bits per heavy atom. The molecular formula is C20H23N5O3S3. The minimum absolute atomic E-state index is 0.275. The molecule has 0 spiro atoms. The first kappa shape index (κ1) is 21.7. The zero-order chi connectivity index (χ0) is 21.8. The fraction of sp³-hybridized carbons (Fsp3) is 0.400. The number of aromatic nitrogens is 1. The van der Waals surface area contributed by atoms with Gasteiger partial charge in [-0.25, -0.2) is 9.78 Å². The number of amides is 1. The van der Waals surface area contributed by atoms with Gasteiger partial charge in [-0.05, 0) is 35.8 Å². The zero-order valence-corrected chi connectivity index (χ0v) is 19.5. The highest BCUT2D eigenvalue weighted by molar-refractivity contribution is 7.81. The second kappa shape index (κ2) is 9.75. The van der Waals surface area contributed by atoms with Gasteiger partial charge in [0.15, 0.2) is 0 Å². The molecule has 2 aliphatic heterocycles. The summed E-state index contributed by atoms with van der Waals surface area (Å²) in [6, 6.07) is 7.94. The summed E-state index contributed by atoms with van der Waals surface area (Å²) in [7, 11) is 1.49. The van der Waals surface area contributed by atoms with Crippen molar-refractivity contribution in [2.24, 2.45) is 0 Å². The Hall–Kier alpha value is -2.50. The van der Waals surface area contributed by atoms with E-state index >= 15 is 0 Å². The summed E-state index contributed by atoms with van der Waals surface area (Å²) in [5.41, 5.74) is 0.711. The van der Waals surface area contributed by atoms with Crippen LogP contribution in [0.1, 0.15) is 4.88 Å². The molecule has 2 aromatic heterocycles. The molecule has 0 radical (unpaired) electrons. The standard InChI is InChI=1S/C20H23N5O3S3/c1-27-19(30)22-12-15-13-25(20(26)28-15)14-4-5-17(21-11-14)23-6-8-24(9-7-23)18(29)16-3-2-10-31-16/h2-5,10-11,15H,6-9,12-13H2,1H3,(H,22,30)/t15-/m0/s1. The lowest BCUT2D eigenvalue weighted by Gasteiger charge is -2.36. The fourth-order valence-corrected chi connectivity index (χ4v) is 4.70. The number of carbonyl (C=O) groups excluding carboxylic acids is 1. The first-order chi connectivity index (χ1) is 15.0. The summed E-state index contributed by atoms with van der Waals surface area (Å²) >= 11 is 12.2. The second-order valence-electron chi connectivity index (χ2n) is 7.12. The number of piperazine rings is 1. The number of hydrogen-bond acceptors (Lipinski definition) is 8. The molecule has 0 saturated carbocycles. The molecule has 31 heavy (non-hydrogen) atoms. The van der Waals surface area contributed by atoms with E-state index in [1.807, 2.05) is 23.6 Å². The fourth-order valence-electron chi connectivity index (χ4n) is 3.53. The molecule has 164 valence electrons. The van der Waals surface area contributed by atoms with Crippen molar-refractivity contribution >= 4 is 63.5 Å². The van der Waals surface area contributed by atoms with Crippen LogP contribution in [0.15, 0.2) is 35.8 Å². The molecule has 1 N–H and O–H groups in total. The molecule has 11 heteroatoms.